The first kappa shape index (κ1) is 18.7. The Hall–Kier alpha value is -3.71. The maximum Gasteiger partial charge on any atom is 0.170 e. The van der Waals surface area contributed by atoms with Crippen LogP contribution < -0.4 is 0 Å². The lowest BCUT2D eigenvalue weighted by Gasteiger charge is -2.49. The Morgan fingerprint density at radius 3 is 1.79 bits per heavy atom. The van der Waals surface area contributed by atoms with E-state index in [9.17, 15) is 4.79 Å². The van der Waals surface area contributed by atoms with Gasteiger partial charge in [0.15, 0.2) is 5.78 Å². The van der Waals surface area contributed by atoms with E-state index in [-0.39, 0.29) is 5.78 Å². The maximum atomic E-state index is 14.3. The standard InChI is InChI=1S/C33H24O/c1-17-30-24-15-7-11-21-12-8-16-25(29(21)24)33(30)19(3)27-23-14-6-10-20-9-5-13-22(28(20)23)26(27)18(2)32(33,4)31(17)34/h5-16H,1-4H3. The van der Waals surface area contributed by atoms with Crippen molar-refractivity contribution >= 4 is 44.0 Å². The number of benzene rings is 4. The predicted molar refractivity (Wildman–Crippen MR) is 140 cm³/mol. The summed E-state index contributed by atoms with van der Waals surface area (Å²) in [5, 5.41) is 5.18. The fourth-order valence-electron chi connectivity index (χ4n) is 8.32. The van der Waals surface area contributed by atoms with Crippen LogP contribution in [0.3, 0.4) is 0 Å². The molecule has 1 heteroatoms. The van der Waals surface area contributed by atoms with Crippen molar-refractivity contribution in [3.8, 4) is 0 Å². The molecule has 0 radical (unpaired) electrons. The summed E-state index contributed by atoms with van der Waals surface area (Å²) in [6.07, 6.45) is 0. The van der Waals surface area contributed by atoms with Gasteiger partial charge in [0.1, 0.15) is 0 Å². The SMILES string of the molecule is CC1=C2c3cccc4cccc(c34)C23C(C)=C2C(=C(C)C3(C)C1=O)c1cccc3cccc2c13. The average molecular weight is 437 g/mol. The Bertz CT molecular complexity index is 1800. The first-order valence-electron chi connectivity index (χ1n) is 12.2. The third kappa shape index (κ3) is 1.59. The summed E-state index contributed by atoms with van der Waals surface area (Å²) in [7, 11) is 0. The molecule has 0 aromatic heterocycles. The second-order valence-electron chi connectivity index (χ2n) is 10.6. The largest absolute Gasteiger partial charge is 0.293 e. The van der Waals surface area contributed by atoms with Crippen LogP contribution in [-0.4, -0.2) is 5.78 Å². The summed E-state index contributed by atoms with van der Waals surface area (Å²) in [6.45, 7) is 8.82. The number of hydrogen-bond donors (Lipinski definition) is 0. The lowest BCUT2D eigenvalue weighted by Crippen LogP contribution is -2.48. The maximum absolute atomic E-state index is 14.3. The van der Waals surface area contributed by atoms with E-state index >= 15 is 0 Å². The van der Waals surface area contributed by atoms with Crippen LogP contribution in [0.2, 0.25) is 0 Å². The smallest absolute Gasteiger partial charge is 0.170 e. The number of carbonyl (C=O) groups is 1. The topological polar surface area (TPSA) is 17.1 Å². The lowest BCUT2D eigenvalue weighted by atomic mass is 9.51. The highest BCUT2D eigenvalue weighted by molar-refractivity contribution is 6.31. The van der Waals surface area contributed by atoms with Gasteiger partial charge in [-0.1, -0.05) is 72.8 Å². The van der Waals surface area contributed by atoms with Crippen molar-refractivity contribution in [3.05, 3.63) is 112 Å². The molecule has 0 amide bonds. The minimum Gasteiger partial charge on any atom is -0.293 e. The Morgan fingerprint density at radius 2 is 1.15 bits per heavy atom. The zero-order valence-corrected chi connectivity index (χ0v) is 19.8. The van der Waals surface area contributed by atoms with E-state index in [1.165, 1.54) is 71.7 Å². The van der Waals surface area contributed by atoms with Crippen molar-refractivity contribution in [2.75, 3.05) is 0 Å². The van der Waals surface area contributed by atoms with E-state index in [0.717, 1.165) is 5.57 Å². The third-order valence-corrected chi connectivity index (χ3v) is 9.63. The number of hydrogen-bond acceptors (Lipinski definition) is 1. The van der Waals surface area contributed by atoms with E-state index in [0.29, 0.717) is 0 Å². The molecule has 162 valence electrons. The molecule has 4 aliphatic carbocycles. The van der Waals surface area contributed by atoms with E-state index in [1.807, 2.05) is 0 Å². The fourth-order valence-corrected chi connectivity index (χ4v) is 8.32. The van der Waals surface area contributed by atoms with Gasteiger partial charge in [0.05, 0.1) is 10.8 Å². The molecule has 2 atom stereocenters. The van der Waals surface area contributed by atoms with Gasteiger partial charge in [0, 0.05) is 0 Å². The molecule has 1 spiro atoms. The van der Waals surface area contributed by atoms with Crippen LogP contribution in [0.5, 0.6) is 0 Å². The van der Waals surface area contributed by atoms with Gasteiger partial charge in [-0.15, -0.1) is 0 Å². The summed E-state index contributed by atoms with van der Waals surface area (Å²) in [5.41, 5.74) is 11.3. The lowest BCUT2D eigenvalue weighted by molar-refractivity contribution is -0.122. The van der Waals surface area contributed by atoms with Gasteiger partial charge < -0.3 is 0 Å². The molecule has 8 rings (SSSR count). The summed E-state index contributed by atoms with van der Waals surface area (Å²) < 4.78 is 0. The fraction of sp³-hybridized carbons (Fsp3) is 0.182. The number of ketones is 1. The van der Waals surface area contributed by atoms with Crippen LogP contribution in [-0.2, 0) is 10.2 Å². The zero-order chi connectivity index (χ0) is 23.1. The summed E-state index contributed by atoms with van der Waals surface area (Å²) in [6, 6.07) is 26.5. The molecule has 4 aromatic rings. The van der Waals surface area contributed by atoms with Gasteiger partial charge in [0.25, 0.3) is 0 Å². The van der Waals surface area contributed by atoms with E-state index in [1.54, 1.807) is 0 Å². The van der Waals surface area contributed by atoms with Crippen LogP contribution in [0, 0.1) is 5.41 Å². The average Bonchev–Trinajstić information content (AvgIpc) is 3.41. The molecule has 1 nitrogen and oxygen atoms in total. The van der Waals surface area contributed by atoms with Crippen molar-refractivity contribution in [3.63, 3.8) is 0 Å². The molecule has 4 aliphatic rings. The van der Waals surface area contributed by atoms with Gasteiger partial charge in [-0.25, -0.2) is 0 Å². The highest BCUT2D eigenvalue weighted by Gasteiger charge is 2.68. The highest BCUT2D eigenvalue weighted by Crippen LogP contribution is 2.74. The number of fused-ring (bicyclic) bond motifs is 4. The summed E-state index contributed by atoms with van der Waals surface area (Å²) >= 11 is 0. The van der Waals surface area contributed by atoms with Gasteiger partial charge in [0.2, 0.25) is 0 Å². The predicted octanol–water partition coefficient (Wildman–Crippen LogP) is 7.88. The number of allylic oxidation sites excluding steroid dienone is 6. The minimum absolute atomic E-state index is 0.278. The van der Waals surface area contributed by atoms with Crippen LogP contribution in [0.1, 0.15) is 49.9 Å². The van der Waals surface area contributed by atoms with Gasteiger partial charge in [-0.3, -0.25) is 4.79 Å². The normalized spacial score (nSPS) is 26.2. The van der Waals surface area contributed by atoms with Crippen molar-refractivity contribution in [1.29, 1.82) is 0 Å². The molecular formula is C33H24O. The van der Waals surface area contributed by atoms with Crippen LogP contribution >= 0.6 is 0 Å². The second-order valence-corrected chi connectivity index (χ2v) is 10.6. The Balaban J connectivity index is 1.64. The first-order chi connectivity index (χ1) is 16.4. The Kier molecular flexibility index (Phi) is 3.02. The van der Waals surface area contributed by atoms with E-state index in [4.69, 9.17) is 0 Å². The van der Waals surface area contributed by atoms with E-state index in [2.05, 4.69) is 100 Å². The molecule has 0 saturated carbocycles. The Morgan fingerprint density at radius 1 is 0.618 bits per heavy atom. The molecule has 4 aromatic carbocycles. The van der Waals surface area contributed by atoms with Gasteiger partial charge in [-0.05, 0) is 105 Å². The van der Waals surface area contributed by atoms with Crippen LogP contribution in [0.25, 0.3) is 38.3 Å². The molecule has 0 aliphatic heterocycles. The number of Topliss-reactive ketones (excluding diaryl/α,β-unsaturated/α-hetero) is 1. The molecule has 0 N–H and O–H groups in total. The third-order valence-electron chi connectivity index (χ3n) is 9.63. The van der Waals surface area contributed by atoms with Crippen molar-refractivity contribution < 1.29 is 4.79 Å². The van der Waals surface area contributed by atoms with Gasteiger partial charge in [-0.2, -0.15) is 0 Å². The van der Waals surface area contributed by atoms with Crippen molar-refractivity contribution in [1.82, 2.24) is 0 Å². The van der Waals surface area contributed by atoms with Gasteiger partial charge >= 0.3 is 0 Å². The van der Waals surface area contributed by atoms with E-state index < -0.39 is 10.8 Å². The van der Waals surface area contributed by atoms with Crippen molar-refractivity contribution in [2.24, 2.45) is 5.41 Å². The second kappa shape index (κ2) is 5.50. The summed E-state index contributed by atoms with van der Waals surface area (Å²) in [4.78, 5) is 14.3. The molecule has 0 bridgehead atoms. The summed E-state index contributed by atoms with van der Waals surface area (Å²) in [5.74, 6) is 0.278. The molecule has 34 heavy (non-hydrogen) atoms. The number of carbonyl (C=O) groups excluding carboxylic acids is 1. The first-order valence-corrected chi connectivity index (χ1v) is 12.2. The van der Waals surface area contributed by atoms with Crippen LogP contribution in [0.15, 0.2) is 89.5 Å². The minimum atomic E-state index is -0.646. The molecule has 0 saturated heterocycles. The molecule has 2 unspecified atom stereocenters. The molecule has 0 fully saturated rings. The number of rotatable bonds is 0. The monoisotopic (exact) mass is 436 g/mol. The highest BCUT2D eigenvalue weighted by atomic mass is 16.1. The molecule has 0 heterocycles. The molecular weight excluding hydrogens is 412 g/mol. The Labute approximate surface area is 199 Å². The van der Waals surface area contributed by atoms with Crippen LogP contribution in [0.4, 0.5) is 0 Å². The quantitative estimate of drug-likeness (QED) is 0.274. The zero-order valence-electron chi connectivity index (χ0n) is 19.8. The van der Waals surface area contributed by atoms with Crippen molar-refractivity contribution in [2.45, 2.75) is 33.1 Å².